The molecule has 7 nitrogen and oxygen atoms in total. The SMILES string of the molecule is O=[N+]([O-])c1cc(S(=O)(=O)C(F)F)ccc1Oc1cccnc1Cl. The van der Waals surface area contributed by atoms with E-state index in [0.29, 0.717) is 6.07 Å². The number of pyridine rings is 1. The zero-order valence-electron chi connectivity index (χ0n) is 11.0. The van der Waals surface area contributed by atoms with Crippen molar-refractivity contribution in [2.24, 2.45) is 0 Å². The summed E-state index contributed by atoms with van der Waals surface area (Å²) in [6.45, 7) is 0. The topological polar surface area (TPSA) is 99.4 Å². The van der Waals surface area contributed by atoms with Crippen LogP contribution in [0.4, 0.5) is 14.5 Å². The molecule has 0 radical (unpaired) electrons. The molecule has 0 bridgehead atoms. The summed E-state index contributed by atoms with van der Waals surface area (Å²) >= 11 is 5.75. The van der Waals surface area contributed by atoms with Crippen LogP contribution in [0, 0.1) is 10.1 Å². The van der Waals surface area contributed by atoms with Crippen molar-refractivity contribution in [3.8, 4) is 11.5 Å². The minimum absolute atomic E-state index is 0.0123. The predicted molar refractivity (Wildman–Crippen MR) is 75.6 cm³/mol. The van der Waals surface area contributed by atoms with Crippen molar-refractivity contribution >= 4 is 27.1 Å². The Morgan fingerprint density at radius 2 is 1.96 bits per heavy atom. The van der Waals surface area contributed by atoms with Crippen LogP contribution >= 0.6 is 11.6 Å². The number of hydrogen-bond donors (Lipinski definition) is 0. The van der Waals surface area contributed by atoms with E-state index >= 15 is 0 Å². The molecule has 1 aromatic carbocycles. The minimum Gasteiger partial charge on any atom is -0.447 e. The van der Waals surface area contributed by atoms with Crippen molar-refractivity contribution < 1.29 is 26.9 Å². The molecule has 1 heterocycles. The van der Waals surface area contributed by atoms with Crippen LogP contribution in [-0.2, 0) is 9.84 Å². The number of benzene rings is 1. The van der Waals surface area contributed by atoms with Crippen LogP contribution < -0.4 is 4.74 Å². The first-order valence-electron chi connectivity index (χ1n) is 5.82. The fourth-order valence-electron chi connectivity index (χ4n) is 1.57. The monoisotopic (exact) mass is 364 g/mol. The maximum absolute atomic E-state index is 12.5. The van der Waals surface area contributed by atoms with E-state index in [-0.39, 0.29) is 16.7 Å². The fraction of sp³-hybridized carbons (Fsp3) is 0.0833. The van der Waals surface area contributed by atoms with Crippen molar-refractivity contribution in [2.45, 2.75) is 10.7 Å². The van der Waals surface area contributed by atoms with Gasteiger partial charge in [0.25, 0.3) is 0 Å². The maximum Gasteiger partial charge on any atom is 0.341 e. The average molecular weight is 365 g/mol. The summed E-state index contributed by atoms with van der Waals surface area (Å²) in [5, 5.41) is 11.0. The van der Waals surface area contributed by atoms with Gasteiger partial charge in [-0.15, -0.1) is 0 Å². The van der Waals surface area contributed by atoms with Gasteiger partial charge in [-0.1, -0.05) is 11.6 Å². The minimum atomic E-state index is -4.96. The summed E-state index contributed by atoms with van der Waals surface area (Å²) in [6.07, 6.45) is 1.36. The van der Waals surface area contributed by atoms with Gasteiger partial charge in [0.1, 0.15) is 0 Å². The Hall–Kier alpha value is -2.33. The number of hydrogen-bond acceptors (Lipinski definition) is 6. The Kier molecular flexibility index (Phi) is 4.76. The zero-order chi connectivity index (χ0) is 17.2. The largest absolute Gasteiger partial charge is 0.447 e. The Labute approximate surface area is 133 Å². The molecule has 0 saturated carbocycles. The van der Waals surface area contributed by atoms with Crippen LogP contribution in [-0.4, -0.2) is 24.1 Å². The number of halogens is 3. The summed E-state index contributed by atoms with van der Waals surface area (Å²) in [4.78, 5) is 12.9. The number of ether oxygens (including phenoxy) is 1. The summed E-state index contributed by atoms with van der Waals surface area (Å²) in [7, 11) is -4.96. The first-order chi connectivity index (χ1) is 10.7. The lowest BCUT2D eigenvalue weighted by atomic mass is 10.3. The van der Waals surface area contributed by atoms with Gasteiger partial charge in [-0.25, -0.2) is 13.4 Å². The first-order valence-corrected chi connectivity index (χ1v) is 7.75. The Morgan fingerprint density at radius 1 is 1.26 bits per heavy atom. The lowest BCUT2D eigenvalue weighted by Crippen LogP contribution is -2.11. The molecule has 1 aromatic heterocycles. The van der Waals surface area contributed by atoms with E-state index in [1.165, 1.54) is 18.3 Å². The zero-order valence-corrected chi connectivity index (χ0v) is 12.6. The fourth-order valence-corrected chi connectivity index (χ4v) is 2.47. The molecule has 2 aromatic rings. The van der Waals surface area contributed by atoms with E-state index in [4.69, 9.17) is 16.3 Å². The maximum atomic E-state index is 12.5. The molecule has 0 saturated heterocycles. The molecule has 0 fully saturated rings. The van der Waals surface area contributed by atoms with Gasteiger partial charge in [0.15, 0.2) is 10.9 Å². The highest BCUT2D eigenvalue weighted by Gasteiger charge is 2.30. The predicted octanol–water partition coefficient (Wildman–Crippen LogP) is 3.43. The molecule has 0 aliphatic carbocycles. The Bertz CT molecular complexity index is 860. The quantitative estimate of drug-likeness (QED) is 0.458. The van der Waals surface area contributed by atoms with Crippen LogP contribution in [0.1, 0.15) is 0 Å². The summed E-state index contributed by atoms with van der Waals surface area (Å²) < 4.78 is 53.0. The highest BCUT2D eigenvalue weighted by molar-refractivity contribution is 7.91. The molecule has 122 valence electrons. The van der Waals surface area contributed by atoms with Crippen molar-refractivity contribution in [1.29, 1.82) is 0 Å². The lowest BCUT2D eigenvalue weighted by Gasteiger charge is -2.09. The summed E-state index contributed by atoms with van der Waals surface area (Å²) in [5.74, 6) is -4.07. The van der Waals surface area contributed by atoms with Crippen LogP contribution in [0.15, 0.2) is 41.4 Å². The smallest absolute Gasteiger partial charge is 0.341 e. The molecule has 0 amide bonds. The van der Waals surface area contributed by atoms with Crippen molar-refractivity contribution in [1.82, 2.24) is 4.98 Å². The van der Waals surface area contributed by atoms with Crippen LogP contribution in [0.5, 0.6) is 11.5 Å². The standard InChI is InChI=1S/C12H7ClF2N2O5S/c13-11-10(2-1-5-16-11)22-9-4-3-7(6-8(9)17(18)19)23(20,21)12(14)15/h1-6,12H. The summed E-state index contributed by atoms with van der Waals surface area (Å²) in [5.41, 5.74) is -0.799. The molecule has 0 aliphatic rings. The number of alkyl halides is 2. The molecule has 0 unspecified atom stereocenters. The van der Waals surface area contributed by atoms with E-state index < -0.39 is 31.1 Å². The van der Waals surface area contributed by atoms with E-state index in [9.17, 15) is 27.3 Å². The Balaban J connectivity index is 2.50. The number of sulfone groups is 1. The third kappa shape index (κ3) is 3.54. The van der Waals surface area contributed by atoms with E-state index in [1.807, 2.05) is 0 Å². The third-order valence-corrected chi connectivity index (χ3v) is 4.30. The lowest BCUT2D eigenvalue weighted by molar-refractivity contribution is -0.385. The normalized spacial score (nSPS) is 11.5. The third-order valence-electron chi connectivity index (χ3n) is 2.63. The van der Waals surface area contributed by atoms with Gasteiger partial charge in [0, 0.05) is 12.3 Å². The number of nitro groups is 1. The molecule has 23 heavy (non-hydrogen) atoms. The van der Waals surface area contributed by atoms with Gasteiger partial charge in [-0.3, -0.25) is 10.1 Å². The van der Waals surface area contributed by atoms with Crippen LogP contribution in [0.2, 0.25) is 5.15 Å². The van der Waals surface area contributed by atoms with Gasteiger partial charge in [0.2, 0.25) is 15.6 Å². The van der Waals surface area contributed by atoms with E-state index in [2.05, 4.69) is 4.98 Å². The van der Waals surface area contributed by atoms with Gasteiger partial charge in [0.05, 0.1) is 9.82 Å². The second-order valence-corrected chi connectivity index (χ2v) is 6.36. The molecule has 0 aliphatic heterocycles. The van der Waals surface area contributed by atoms with Crippen LogP contribution in [0.3, 0.4) is 0 Å². The number of nitro benzene ring substituents is 1. The average Bonchev–Trinajstić information content (AvgIpc) is 2.49. The second-order valence-electron chi connectivity index (χ2n) is 4.09. The highest BCUT2D eigenvalue weighted by Crippen LogP contribution is 2.36. The van der Waals surface area contributed by atoms with Gasteiger partial charge in [-0.2, -0.15) is 8.78 Å². The van der Waals surface area contributed by atoms with Crippen molar-refractivity contribution in [2.75, 3.05) is 0 Å². The van der Waals surface area contributed by atoms with Crippen molar-refractivity contribution in [3.63, 3.8) is 0 Å². The number of nitrogens with zero attached hydrogens (tertiary/aromatic N) is 2. The van der Waals surface area contributed by atoms with Gasteiger partial charge >= 0.3 is 11.4 Å². The molecule has 0 N–H and O–H groups in total. The van der Waals surface area contributed by atoms with Crippen LogP contribution in [0.25, 0.3) is 0 Å². The highest BCUT2D eigenvalue weighted by atomic mass is 35.5. The molecule has 11 heteroatoms. The van der Waals surface area contributed by atoms with Gasteiger partial charge in [-0.05, 0) is 24.3 Å². The molecular weight excluding hydrogens is 358 g/mol. The molecule has 2 rings (SSSR count). The molecular formula is C12H7ClF2N2O5S. The molecule has 0 spiro atoms. The van der Waals surface area contributed by atoms with Gasteiger partial charge < -0.3 is 4.74 Å². The van der Waals surface area contributed by atoms with Crippen molar-refractivity contribution in [3.05, 3.63) is 51.8 Å². The second kappa shape index (κ2) is 6.42. The summed E-state index contributed by atoms with van der Waals surface area (Å²) in [6, 6.07) is 5.03. The van der Waals surface area contributed by atoms with E-state index in [1.54, 1.807) is 0 Å². The van der Waals surface area contributed by atoms with E-state index in [0.717, 1.165) is 12.1 Å². The first kappa shape index (κ1) is 17.0. The molecule has 0 atom stereocenters. The number of rotatable bonds is 5. The number of aromatic nitrogens is 1. The Morgan fingerprint density at radius 3 is 2.52 bits per heavy atom.